The molecule has 0 spiro atoms. The Morgan fingerprint density at radius 2 is 1.97 bits per heavy atom. The number of para-hydroxylation sites is 2. The van der Waals surface area contributed by atoms with E-state index in [1.807, 2.05) is 24.5 Å². The molecule has 3 N–H and O–H groups in total. The van der Waals surface area contributed by atoms with E-state index >= 15 is 0 Å². The number of hydrogen-bond acceptors (Lipinski definition) is 3. The van der Waals surface area contributed by atoms with Crippen molar-refractivity contribution in [1.29, 1.82) is 0 Å². The van der Waals surface area contributed by atoms with Crippen LogP contribution in [0.2, 0.25) is 0 Å². The number of amides is 1. The average Bonchev–Trinajstić information content (AvgIpc) is 3.18. The van der Waals surface area contributed by atoms with Crippen molar-refractivity contribution in [3.63, 3.8) is 0 Å². The molecule has 0 bridgehead atoms. The molecule has 7 heteroatoms. The van der Waals surface area contributed by atoms with E-state index in [0.717, 1.165) is 49.5 Å². The molecule has 1 atom stereocenters. The first-order chi connectivity index (χ1) is 15.1. The van der Waals surface area contributed by atoms with Crippen LogP contribution in [0.1, 0.15) is 30.4 Å². The average molecular weight is 419 g/mol. The molecule has 31 heavy (non-hydrogen) atoms. The quantitative estimate of drug-likeness (QED) is 0.476. The predicted molar refractivity (Wildman–Crippen MR) is 124 cm³/mol. The highest BCUT2D eigenvalue weighted by molar-refractivity contribution is 5.80. The molecule has 162 valence electrons. The second-order valence-electron chi connectivity index (χ2n) is 8.20. The number of aromatic nitrogens is 2. The molecule has 1 aliphatic heterocycles. The molecule has 1 unspecified atom stereocenters. The van der Waals surface area contributed by atoms with Crippen molar-refractivity contribution in [3.8, 4) is 0 Å². The molecule has 4 rings (SSSR count). The molecule has 7 nitrogen and oxygen atoms in total. The van der Waals surface area contributed by atoms with E-state index in [9.17, 15) is 4.79 Å². The third-order valence-electron chi connectivity index (χ3n) is 5.87. The first-order valence-electron chi connectivity index (χ1n) is 10.8. The van der Waals surface area contributed by atoms with Crippen LogP contribution in [0.3, 0.4) is 0 Å². The maximum absolute atomic E-state index is 11.3. The molecular formula is C24H30N6O. The van der Waals surface area contributed by atoms with Crippen LogP contribution in [0.25, 0.3) is 11.0 Å². The topological polar surface area (TPSA) is 88.5 Å². The minimum Gasteiger partial charge on any atom is -0.370 e. The van der Waals surface area contributed by atoms with Gasteiger partial charge in [-0.1, -0.05) is 36.4 Å². The summed E-state index contributed by atoms with van der Waals surface area (Å²) in [6, 6.07) is 16.8. The Bertz CT molecular complexity index is 1060. The number of hydrogen-bond donors (Lipinski definition) is 2. The van der Waals surface area contributed by atoms with Gasteiger partial charge < -0.3 is 20.5 Å². The highest BCUT2D eigenvalue weighted by Gasteiger charge is 2.23. The largest absolute Gasteiger partial charge is 0.370 e. The van der Waals surface area contributed by atoms with Gasteiger partial charge in [0, 0.05) is 39.6 Å². The third-order valence-corrected chi connectivity index (χ3v) is 5.87. The number of nitrogens with two attached hydrogens (primary N) is 1. The maximum atomic E-state index is 11.3. The number of aliphatic imine (C=N–C) groups is 1. The van der Waals surface area contributed by atoms with Crippen LogP contribution in [0.4, 0.5) is 0 Å². The third kappa shape index (κ3) is 5.23. The number of carbonyl (C=O) groups excluding carboxylic acids is 1. The Balaban J connectivity index is 1.33. The summed E-state index contributed by atoms with van der Waals surface area (Å²) >= 11 is 0. The lowest BCUT2D eigenvalue weighted by Gasteiger charge is -2.34. The Kier molecular flexibility index (Phi) is 6.50. The number of guanidine groups is 1. The molecule has 1 fully saturated rings. The minimum atomic E-state index is -0.224. The second-order valence-corrected chi connectivity index (χ2v) is 8.20. The number of rotatable bonds is 6. The fourth-order valence-electron chi connectivity index (χ4n) is 4.32. The van der Waals surface area contributed by atoms with Crippen molar-refractivity contribution in [2.75, 3.05) is 20.1 Å². The zero-order chi connectivity index (χ0) is 21.6. The van der Waals surface area contributed by atoms with Crippen LogP contribution in [-0.2, 0) is 17.9 Å². The van der Waals surface area contributed by atoms with Crippen molar-refractivity contribution in [3.05, 3.63) is 66.0 Å². The van der Waals surface area contributed by atoms with Crippen LogP contribution in [0.15, 0.2) is 59.9 Å². The smallest absolute Gasteiger partial charge is 0.217 e. The van der Waals surface area contributed by atoms with Crippen LogP contribution in [-0.4, -0.2) is 46.5 Å². The first kappa shape index (κ1) is 20.9. The lowest BCUT2D eigenvalue weighted by molar-refractivity contribution is -0.119. The Morgan fingerprint density at radius 3 is 2.74 bits per heavy atom. The van der Waals surface area contributed by atoms with Gasteiger partial charge in [0.2, 0.25) is 5.91 Å². The molecule has 1 aliphatic rings. The van der Waals surface area contributed by atoms with Gasteiger partial charge in [-0.05, 0) is 42.0 Å². The van der Waals surface area contributed by atoms with Crippen molar-refractivity contribution in [1.82, 2.24) is 19.8 Å². The molecule has 1 saturated heterocycles. The summed E-state index contributed by atoms with van der Waals surface area (Å²) < 4.78 is 2.17. The van der Waals surface area contributed by atoms with Gasteiger partial charge in [0.1, 0.15) is 0 Å². The lowest BCUT2D eigenvalue weighted by Crippen LogP contribution is -2.46. The number of nitrogens with zero attached hydrogens (tertiary/aromatic N) is 4. The van der Waals surface area contributed by atoms with Gasteiger partial charge in [-0.25, -0.2) is 4.98 Å². The molecular weight excluding hydrogens is 388 g/mol. The molecule has 3 aromatic rings. The van der Waals surface area contributed by atoms with Gasteiger partial charge in [0.05, 0.1) is 17.4 Å². The van der Waals surface area contributed by atoms with Gasteiger partial charge in [-0.15, -0.1) is 0 Å². The van der Waals surface area contributed by atoms with E-state index in [0.29, 0.717) is 18.9 Å². The van der Waals surface area contributed by atoms with Gasteiger partial charge in [-0.3, -0.25) is 9.79 Å². The van der Waals surface area contributed by atoms with Crippen molar-refractivity contribution >= 4 is 22.9 Å². The number of nitrogens with one attached hydrogen (secondary N) is 1. The number of likely N-dealkylation sites (tertiary alicyclic amines) is 1. The number of imidazole rings is 1. The predicted octanol–water partition coefficient (Wildman–Crippen LogP) is 2.75. The normalized spacial score (nSPS) is 17.1. The molecule has 0 aliphatic carbocycles. The summed E-state index contributed by atoms with van der Waals surface area (Å²) in [7, 11) is 1.80. The summed E-state index contributed by atoms with van der Waals surface area (Å²) in [5.41, 5.74) is 9.99. The fourth-order valence-corrected chi connectivity index (χ4v) is 4.32. The van der Waals surface area contributed by atoms with Gasteiger partial charge in [0.25, 0.3) is 0 Å². The number of primary amides is 1. The monoisotopic (exact) mass is 418 g/mol. The Morgan fingerprint density at radius 1 is 1.19 bits per heavy atom. The Hall–Kier alpha value is -3.35. The van der Waals surface area contributed by atoms with Crippen LogP contribution >= 0.6 is 0 Å². The highest BCUT2D eigenvalue weighted by Crippen LogP contribution is 2.19. The standard InChI is InChI=1S/C24H30N6O/c1-26-24(29-12-4-5-20(16-29)13-23(25)31)27-14-18-8-10-19(11-9-18)15-30-17-28-21-6-2-3-7-22(21)30/h2-3,6-11,17,20H,4-5,12-16H2,1H3,(H2,25,31)(H,26,27). The minimum absolute atomic E-state index is 0.224. The SMILES string of the molecule is CN=C(NCc1ccc(Cn2cnc3ccccc32)cc1)N1CCCC(CC(N)=O)C1. The van der Waals surface area contributed by atoms with E-state index in [-0.39, 0.29) is 5.91 Å². The van der Waals surface area contributed by atoms with Crippen molar-refractivity contribution < 1.29 is 4.79 Å². The maximum Gasteiger partial charge on any atom is 0.217 e. The van der Waals surface area contributed by atoms with E-state index in [1.165, 1.54) is 11.1 Å². The fraction of sp³-hybridized carbons (Fsp3) is 0.375. The first-order valence-corrected chi connectivity index (χ1v) is 10.8. The van der Waals surface area contributed by atoms with Crippen LogP contribution in [0, 0.1) is 5.92 Å². The van der Waals surface area contributed by atoms with E-state index in [2.05, 4.69) is 55.1 Å². The number of benzene rings is 2. The zero-order valence-corrected chi connectivity index (χ0v) is 18.0. The summed E-state index contributed by atoms with van der Waals surface area (Å²) in [6.45, 7) is 3.27. The number of fused-ring (bicyclic) bond motifs is 1. The van der Waals surface area contributed by atoms with Crippen molar-refractivity contribution in [2.24, 2.45) is 16.6 Å². The summed E-state index contributed by atoms with van der Waals surface area (Å²) in [5, 5.41) is 3.46. The molecule has 0 radical (unpaired) electrons. The Labute approximate surface area is 183 Å². The molecule has 2 aromatic carbocycles. The van der Waals surface area contributed by atoms with Gasteiger partial charge in [0.15, 0.2) is 5.96 Å². The molecule has 1 amide bonds. The zero-order valence-electron chi connectivity index (χ0n) is 18.0. The molecule has 1 aromatic heterocycles. The van der Waals surface area contributed by atoms with Crippen LogP contribution in [0.5, 0.6) is 0 Å². The summed E-state index contributed by atoms with van der Waals surface area (Å²) in [6.07, 6.45) is 4.44. The molecule has 2 heterocycles. The molecule has 0 saturated carbocycles. The van der Waals surface area contributed by atoms with E-state index < -0.39 is 0 Å². The van der Waals surface area contributed by atoms with E-state index in [1.54, 1.807) is 7.05 Å². The van der Waals surface area contributed by atoms with Crippen molar-refractivity contribution in [2.45, 2.75) is 32.4 Å². The lowest BCUT2D eigenvalue weighted by atomic mass is 9.95. The summed E-state index contributed by atoms with van der Waals surface area (Å²) in [4.78, 5) is 22.4. The highest BCUT2D eigenvalue weighted by atomic mass is 16.1. The summed E-state index contributed by atoms with van der Waals surface area (Å²) in [5.74, 6) is 0.963. The van der Waals surface area contributed by atoms with E-state index in [4.69, 9.17) is 5.73 Å². The number of carbonyl (C=O) groups is 1. The number of piperidine rings is 1. The van der Waals surface area contributed by atoms with Crippen LogP contribution < -0.4 is 11.1 Å². The van der Waals surface area contributed by atoms with Gasteiger partial charge >= 0.3 is 0 Å². The second kappa shape index (κ2) is 9.64. The van der Waals surface area contributed by atoms with Gasteiger partial charge in [-0.2, -0.15) is 0 Å².